The van der Waals surface area contributed by atoms with E-state index in [-0.39, 0.29) is 0 Å². The molecule has 1 N–H and O–H groups in total. The maximum atomic E-state index is 9.61. The minimum atomic E-state index is -0.656. The lowest BCUT2D eigenvalue weighted by Gasteiger charge is -2.11. The molecule has 0 fully saturated rings. The van der Waals surface area contributed by atoms with Crippen LogP contribution in [0, 0.1) is 0 Å². The number of ether oxygens (including phenoxy) is 1. The normalized spacial score (nSPS) is 12.2. The van der Waals surface area contributed by atoms with Crippen molar-refractivity contribution in [2.75, 3.05) is 0 Å². The number of hydrogen-bond acceptors (Lipinski definition) is 3. The summed E-state index contributed by atoms with van der Waals surface area (Å²) in [4.78, 5) is 4.09. The van der Waals surface area contributed by atoms with E-state index in [1.165, 1.54) is 0 Å². The maximum Gasteiger partial charge on any atom is 0.225 e. The molecule has 1 unspecified atom stereocenters. The third-order valence-corrected chi connectivity index (χ3v) is 3.10. The molecule has 0 aliphatic heterocycles. The maximum absolute atomic E-state index is 9.61. The third-order valence-electron chi connectivity index (χ3n) is 2.36. The number of benzene rings is 1. The molecule has 3 nitrogen and oxygen atoms in total. The molecule has 5 heteroatoms. The highest BCUT2D eigenvalue weighted by molar-refractivity contribution is 6.42. The molecule has 0 amide bonds. The van der Waals surface area contributed by atoms with Crippen LogP contribution in [0.25, 0.3) is 0 Å². The number of rotatable bonds is 3. The van der Waals surface area contributed by atoms with Crippen molar-refractivity contribution in [3.8, 4) is 11.6 Å². The Morgan fingerprint density at radius 1 is 1.22 bits per heavy atom. The standard InChI is InChI=1S/C13H11Cl2NO2/c1-8(17)10-3-2-6-16-13(10)18-9-4-5-11(14)12(15)7-9/h2-8,17H,1H3. The van der Waals surface area contributed by atoms with E-state index in [2.05, 4.69) is 4.98 Å². The summed E-state index contributed by atoms with van der Waals surface area (Å²) >= 11 is 11.7. The van der Waals surface area contributed by atoms with Crippen LogP contribution in [0.1, 0.15) is 18.6 Å². The van der Waals surface area contributed by atoms with Crippen molar-refractivity contribution in [2.24, 2.45) is 0 Å². The monoisotopic (exact) mass is 283 g/mol. The molecule has 0 aliphatic carbocycles. The molecule has 0 saturated heterocycles. The van der Waals surface area contributed by atoms with E-state index in [0.717, 1.165) is 0 Å². The zero-order valence-electron chi connectivity index (χ0n) is 9.60. The van der Waals surface area contributed by atoms with Gasteiger partial charge in [0.05, 0.1) is 16.1 Å². The van der Waals surface area contributed by atoms with Gasteiger partial charge in [-0.2, -0.15) is 0 Å². The molecule has 0 spiro atoms. The molecule has 0 bridgehead atoms. The fourth-order valence-electron chi connectivity index (χ4n) is 1.46. The predicted molar refractivity (Wildman–Crippen MR) is 71.4 cm³/mol. The Morgan fingerprint density at radius 2 is 2.00 bits per heavy atom. The molecule has 2 aromatic rings. The first-order valence-corrected chi connectivity index (χ1v) is 6.09. The lowest BCUT2D eigenvalue weighted by atomic mass is 10.2. The lowest BCUT2D eigenvalue weighted by Crippen LogP contribution is -1.98. The van der Waals surface area contributed by atoms with E-state index in [4.69, 9.17) is 27.9 Å². The van der Waals surface area contributed by atoms with Gasteiger partial charge in [0.1, 0.15) is 5.75 Å². The van der Waals surface area contributed by atoms with Crippen LogP contribution in [-0.2, 0) is 0 Å². The molecule has 0 aliphatic rings. The molecule has 0 radical (unpaired) electrons. The molecule has 18 heavy (non-hydrogen) atoms. The van der Waals surface area contributed by atoms with Gasteiger partial charge >= 0.3 is 0 Å². The predicted octanol–water partition coefficient (Wildman–Crippen LogP) is 4.23. The molecule has 1 heterocycles. The van der Waals surface area contributed by atoms with Crippen molar-refractivity contribution in [3.63, 3.8) is 0 Å². The van der Waals surface area contributed by atoms with Crippen LogP contribution in [0.3, 0.4) is 0 Å². The van der Waals surface area contributed by atoms with Gasteiger partial charge in [-0.15, -0.1) is 0 Å². The Bertz CT molecular complexity index is 558. The highest BCUT2D eigenvalue weighted by atomic mass is 35.5. The zero-order valence-corrected chi connectivity index (χ0v) is 11.1. The van der Waals surface area contributed by atoms with Crippen molar-refractivity contribution in [3.05, 3.63) is 52.1 Å². The van der Waals surface area contributed by atoms with E-state index in [0.29, 0.717) is 27.2 Å². The van der Waals surface area contributed by atoms with Crippen molar-refractivity contribution >= 4 is 23.2 Å². The number of aliphatic hydroxyl groups excluding tert-OH is 1. The average Bonchev–Trinajstić information content (AvgIpc) is 2.34. The molecule has 1 aromatic carbocycles. The van der Waals surface area contributed by atoms with Gasteiger partial charge in [0.15, 0.2) is 0 Å². The van der Waals surface area contributed by atoms with Crippen molar-refractivity contribution < 1.29 is 9.84 Å². The van der Waals surface area contributed by atoms with Crippen LogP contribution in [0.4, 0.5) is 0 Å². The zero-order chi connectivity index (χ0) is 13.1. The summed E-state index contributed by atoms with van der Waals surface area (Å²) in [5.41, 5.74) is 0.614. The summed E-state index contributed by atoms with van der Waals surface area (Å²) in [6.45, 7) is 1.65. The van der Waals surface area contributed by atoms with Crippen LogP contribution in [0.15, 0.2) is 36.5 Å². The minimum Gasteiger partial charge on any atom is -0.439 e. The SMILES string of the molecule is CC(O)c1cccnc1Oc1ccc(Cl)c(Cl)c1. The summed E-state index contributed by atoms with van der Waals surface area (Å²) in [5.74, 6) is 0.871. The Balaban J connectivity index is 2.31. The van der Waals surface area contributed by atoms with Crippen molar-refractivity contribution in [1.29, 1.82) is 0 Å². The van der Waals surface area contributed by atoms with Crippen LogP contribution in [-0.4, -0.2) is 10.1 Å². The molecular formula is C13H11Cl2NO2. The van der Waals surface area contributed by atoms with E-state index in [1.54, 1.807) is 43.5 Å². The largest absolute Gasteiger partial charge is 0.439 e. The molecule has 1 atom stereocenters. The second-order valence-electron chi connectivity index (χ2n) is 3.75. The highest BCUT2D eigenvalue weighted by Gasteiger charge is 2.11. The minimum absolute atomic E-state index is 0.353. The topological polar surface area (TPSA) is 42.4 Å². The number of nitrogens with zero attached hydrogens (tertiary/aromatic N) is 1. The fourth-order valence-corrected chi connectivity index (χ4v) is 1.75. The first kappa shape index (κ1) is 13.1. The van der Waals surface area contributed by atoms with Gasteiger partial charge in [0.25, 0.3) is 0 Å². The van der Waals surface area contributed by atoms with Crippen molar-refractivity contribution in [2.45, 2.75) is 13.0 Å². The van der Waals surface area contributed by atoms with Gasteiger partial charge in [0.2, 0.25) is 5.88 Å². The Hall–Kier alpha value is -1.29. The highest BCUT2D eigenvalue weighted by Crippen LogP contribution is 2.31. The van der Waals surface area contributed by atoms with Crippen LogP contribution in [0.5, 0.6) is 11.6 Å². The van der Waals surface area contributed by atoms with Crippen LogP contribution >= 0.6 is 23.2 Å². The number of halogens is 2. The molecule has 1 aromatic heterocycles. The van der Waals surface area contributed by atoms with Gasteiger partial charge in [0, 0.05) is 17.8 Å². The molecule has 0 saturated carbocycles. The summed E-state index contributed by atoms with van der Waals surface area (Å²) in [6, 6.07) is 8.43. The molecule has 94 valence electrons. The third kappa shape index (κ3) is 2.93. The smallest absolute Gasteiger partial charge is 0.225 e. The molecular weight excluding hydrogens is 273 g/mol. The fraction of sp³-hybridized carbons (Fsp3) is 0.154. The van der Waals surface area contributed by atoms with Gasteiger partial charge < -0.3 is 9.84 Å². The summed E-state index contributed by atoms with van der Waals surface area (Å²) in [5, 5.41) is 10.5. The Labute approximate surface area is 115 Å². The number of hydrogen-bond donors (Lipinski definition) is 1. The van der Waals surface area contributed by atoms with Gasteiger partial charge in [-0.3, -0.25) is 0 Å². The molecule has 2 rings (SSSR count). The Kier molecular flexibility index (Phi) is 4.07. The first-order chi connectivity index (χ1) is 8.58. The Morgan fingerprint density at radius 3 is 2.67 bits per heavy atom. The average molecular weight is 284 g/mol. The summed E-state index contributed by atoms with van der Waals surface area (Å²) in [7, 11) is 0. The van der Waals surface area contributed by atoms with Crippen LogP contribution < -0.4 is 4.74 Å². The summed E-state index contributed by atoms with van der Waals surface area (Å²) in [6.07, 6.45) is 0.940. The van der Waals surface area contributed by atoms with Gasteiger partial charge in [-0.1, -0.05) is 23.2 Å². The van der Waals surface area contributed by atoms with Crippen LogP contribution in [0.2, 0.25) is 10.0 Å². The second-order valence-corrected chi connectivity index (χ2v) is 4.57. The lowest BCUT2D eigenvalue weighted by molar-refractivity contribution is 0.194. The summed E-state index contributed by atoms with van der Waals surface area (Å²) < 4.78 is 5.59. The van der Waals surface area contributed by atoms with Gasteiger partial charge in [-0.05, 0) is 31.2 Å². The first-order valence-electron chi connectivity index (χ1n) is 5.34. The van der Waals surface area contributed by atoms with E-state index in [9.17, 15) is 5.11 Å². The van der Waals surface area contributed by atoms with Crippen molar-refractivity contribution in [1.82, 2.24) is 4.98 Å². The van der Waals surface area contributed by atoms with E-state index >= 15 is 0 Å². The van der Waals surface area contributed by atoms with E-state index in [1.807, 2.05) is 0 Å². The second kappa shape index (κ2) is 5.57. The van der Waals surface area contributed by atoms with E-state index < -0.39 is 6.10 Å². The number of pyridine rings is 1. The van der Waals surface area contributed by atoms with Gasteiger partial charge in [-0.25, -0.2) is 4.98 Å². The quantitative estimate of drug-likeness (QED) is 0.916. The number of aromatic nitrogens is 1. The number of aliphatic hydroxyl groups is 1.